The normalized spacial score (nSPS) is 14.6. The Morgan fingerprint density at radius 1 is 1.03 bits per heavy atom. The molecule has 0 aliphatic heterocycles. The number of rotatable bonds is 11. The minimum Gasteiger partial charge on any atom is -0.480 e. The van der Waals surface area contributed by atoms with Crippen LogP contribution in [0.2, 0.25) is 0 Å². The summed E-state index contributed by atoms with van der Waals surface area (Å²) in [5.74, 6) is -4.15. The number of esters is 3. The molecule has 1 rings (SSSR count). The molecule has 0 aromatic heterocycles. The van der Waals surface area contributed by atoms with Crippen LogP contribution in [0.3, 0.4) is 0 Å². The zero-order valence-electron chi connectivity index (χ0n) is 18.5. The van der Waals surface area contributed by atoms with Crippen LogP contribution < -0.4 is 15.2 Å². The van der Waals surface area contributed by atoms with Crippen molar-refractivity contribution in [1.82, 2.24) is 0 Å². The van der Waals surface area contributed by atoms with Crippen molar-refractivity contribution in [2.45, 2.75) is 71.9 Å². The second-order valence-electron chi connectivity index (χ2n) is 7.44. The van der Waals surface area contributed by atoms with Crippen molar-refractivity contribution in [2.24, 2.45) is 11.7 Å². The lowest BCUT2D eigenvalue weighted by atomic mass is 9.79. The van der Waals surface area contributed by atoms with E-state index in [1.165, 1.54) is 26.0 Å². The highest BCUT2D eigenvalue weighted by Crippen LogP contribution is 2.37. The summed E-state index contributed by atoms with van der Waals surface area (Å²) >= 11 is 0. The quantitative estimate of drug-likeness (QED) is 0.394. The van der Waals surface area contributed by atoms with E-state index < -0.39 is 41.9 Å². The van der Waals surface area contributed by atoms with E-state index in [2.05, 4.69) is 0 Å². The lowest BCUT2D eigenvalue weighted by Gasteiger charge is -2.31. The van der Waals surface area contributed by atoms with Gasteiger partial charge in [0.15, 0.2) is 11.5 Å². The molecule has 1 aromatic carbocycles. The van der Waals surface area contributed by atoms with Crippen LogP contribution in [0.25, 0.3) is 0 Å². The molecule has 3 N–H and O–H groups in total. The summed E-state index contributed by atoms with van der Waals surface area (Å²) in [6.45, 7) is 7.75. The van der Waals surface area contributed by atoms with Gasteiger partial charge >= 0.3 is 23.9 Å². The molecule has 4 atom stereocenters. The third-order valence-electron chi connectivity index (χ3n) is 4.89. The van der Waals surface area contributed by atoms with Crippen LogP contribution in [0.1, 0.15) is 65.4 Å². The van der Waals surface area contributed by atoms with E-state index in [4.69, 9.17) is 19.9 Å². The predicted molar refractivity (Wildman–Crippen MR) is 112 cm³/mol. The fraction of sp³-hybridized carbons (Fsp3) is 0.545. The minimum absolute atomic E-state index is 0.0146. The van der Waals surface area contributed by atoms with Crippen LogP contribution in [-0.2, 0) is 23.9 Å². The summed E-state index contributed by atoms with van der Waals surface area (Å²) in [7, 11) is 0. The summed E-state index contributed by atoms with van der Waals surface area (Å²) in [5, 5.41) is 9.54. The Balaban J connectivity index is 3.31. The van der Waals surface area contributed by atoms with E-state index in [9.17, 15) is 24.3 Å². The van der Waals surface area contributed by atoms with E-state index in [1.54, 1.807) is 19.9 Å². The highest BCUT2D eigenvalue weighted by atomic mass is 16.6. The Morgan fingerprint density at radius 3 is 2.13 bits per heavy atom. The first kappa shape index (κ1) is 26.1. The second kappa shape index (κ2) is 12.0. The number of benzene rings is 1. The molecule has 0 spiro atoms. The third-order valence-corrected chi connectivity index (χ3v) is 4.89. The van der Waals surface area contributed by atoms with Gasteiger partial charge in [-0.15, -0.1) is 0 Å². The van der Waals surface area contributed by atoms with Gasteiger partial charge in [-0.25, -0.2) is 0 Å². The predicted octanol–water partition coefficient (Wildman–Crippen LogP) is 2.79. The fourth-order valence-corrected chi connectivity index (χ4v) is 3.18. The summed E-state index contributed by atoms with van der Waals surface area (Å²) in [6.07, 6.45) is 1.20. The number of carboxylic acids is 1. The van der Waals surface area contributed by atoms with E-state index in [1.807, 2.05) is 6.92 Å². The Bertz CT molecular complexity index is 807. The number of carboxylic acid groups (broad SMARTS) is 1. The highest BCUT2D eigenvalue weighted by Gasteiger charge is 2.35. The number of ether oxygens (including phenoxy) is 3. The molecule has 0 aliphatic rings. The highest BCUT2D eigenvalue weighted by molar-refractivity contribution is 5.76. The second-order valence-corrected chi connectivity index (χ2v) is 7.44. The molecule has 0 amide bonds. The van der Waals surface area contributed by atoms with Crippen LogP contribution in [0.5, 0.6) is 11.5 Å². The number of carbonyl (C=O) groups is 4. The van der Waals surface area contributed by atoms with Gasteiger partial charge in [0.2, 0.25) is 0 Å². The van der Waals surface area contributed by atoms with Crippen LogP contribution in [0.15, 0.2) is 18.2 Å². The van der Waals surface area contributed by atoms with Crippen LogP contribution in [-0.4, -0.2) is 41.1 Å². The third kappa shape index (κ3) is 8.01. The molecule has 172 valence electrons. The molecule has 0 bridgehead atoms. The molecular formula is C22H31NO8. The van der Waals surface area contributed by atoms with Crippen molar-refractivity contribution < 1.29 is 38.5 Å². The van der Waals surface area contributed by atoms with E-state index in [-0.39, 0.29) is 23.9 Å². The minimum atomic E-state index is -1.32. The standard InChI is InChI=1S/C22H31NO8/c1-6-7-8-19(26)29-13(3)12(2)20(21(23)22(27)28)16-9-10-17(30-14(4)24)18(11-16)31-15(5)25/h9-13,20-21H,6-8,23H2,1-5H3,(H,27,28)/t12?,13?,20?,21-/m0/s1. The van der Waals surface area contributed by atoms with Crippen LogP contribution in [0.4, 0.5) is 0 Å². The van der Waals surface area contributed by atoms with E-state index >= 15 is 0 Å². The molecule has 3 unspecified atom stereocenters. The van der Waals surface area contributed by atoms with Gasteiger partial charge in [0.05, 0.1) is 0 Å². The van der Waals surface area contributed by atoms with Gasteiger partial charge in [-0.2, -0.15) is 0 Å². The van der Waals surface area contributed by atoms with E-state index in [0.717, 1.165) is 6.42 Å². The van der Waals surface area contributed by atoms with Crippen LogP contribution >= 0.6 is 0 Å². The average molecular weight is 437 g/mol. The lowest BCUT2D eigenvalue weighted by Crippen LogP contribution is -2.42. The molecule has 0 saturated heterocycles. The maximum absolute atomic E-state index is 12.0. The lowest BCUT2D eigenvalue weighted by molar-refractivity contribution is -0.151. The van der Waals surface area contributed by atoms with Gasteiger partial charge in [-0.05, 0) is 31.0 Å². The zero-order valence-corrected chi connectivity index (χ0v) is 18.5. The van der Waals surface area contributed by atoms with Gasteiger partial charge in [0.25, 0.3) is 0 Å². The molecule has 0 radical (unpaired) electrons. The summed E-state index contributed by atoms with van der Waals surface area (Å²) in [4.78, 5) is 46.5. The smallest absolute Gasteiger partial charge is 0.321 e. The molecule has 0 aliphatic carbocycles. The SMILES string of the molecule is CCCCC(=O)OC(C)C(C)C(c1ccc(OC(C)=O)c(OC(C)=O)c1)[C@H](N)C(=O)O. The molecule has 0 saturated carbocycles. The molecule has 9 nitrogen and oxygen atoms in total. The van der Waals surface area contributed by atoms with Crippen molar-refractivity contribution in [2.75, 3.05) is 0 Å². The van der Waals surface area contributed by atoms with Gasteiger partial charge in [-0.1, -0.05) is 26.3 Å². The first-order valence-electron chi connectivity index (χ1n) is 10.2. The van der Waals surface area contributed by atoms with Crippen LogP contribution in [0, 0.1) is 5.92 Å². The Morgan fingerprint density at radius 2 is 1.61 bits per heavy atom. The fourth-order valence-electron chi connectivity index (χ4n) is 3.18. The molecule has 1 aromatic rings. The Kier molecular flexibility index (Phi) is 10.1. The maximum atomic E-state index is 12.0. The number of unbranched alkanes of at least 4 members (excludes halogenated alkanes) is 1. The Hall–Kier alpha value is -2.94. The maximum Gasteiger partial charge on any atom is 0.321 e. The average Bonchev–Trinajstić information content (AvgIpc) is 2.67. The van der Waals surface area contributed by atoms with Crippen molar-refractivity contribution in [3.8, 4) is 11.5 Å². The first-order valence-corrected chi connectivity index (χ1v) is 10.2. The van der Waals surface area contributed by atoms with Crippen molar-refractivity contribution >= 4 is 23.9 Å². The molecule has 9 heteroatoms. The largest absolute Gasteiger partial charge is 0.480 e. The summed E-state index contributed by atoms with van der Waals surface area (Å²) < 4.78 is 15.7. The number of aliphatic carboxylic acids is 1. The van der Waals surface area contributed by atoms with Gasteiger partial charge in [-0.3, -0.25) is 19.2 Å². The molecule has 0 fully saturated rings. The van der Waals surface area contributed by atoms with Gasteiger partial charge < -0.3 is 25.1 Å². The number of nitrogens with two attached hydrogens (primary N) is 1. The molecule has 0 heterocycles. The monoisotopic (exact) mass is 437 g/mol. The first-order chi connectivity index (χ1) is 14.5. The summed E-state index contributed by atoms with van der Waals surface area (Å²) in [5.41, 5.74) is 6.42. The van der Waals surface area contributed by atoms with E-state index in [0.29, 0.717) is 12.0 Å². The number of carbonyl (C=O) groups excluding carboxylic acids is 3. The van der Waals surface area contributed by atoms with Gasteiger partial charge in [0, 0.05) is 32.1 Å². The summed E-state index contributed by atoms with van der Waals surface area (Å²) in [6, 6.07) is 3.04. The zero-order chi connectivity index (χ0) is 23.7. The number of hydrogen-bond acceptors (Lipinski definition) is 8. The number of hydrogen-bond donors (Lipinski definition) is 2. The topological polar surface area (TPSA) is 142 Å². The van der Waals surface area contributed by atoms with Crippen molar-refractivity contribution in [3.63, 3.8) is 0 Å². The Labute approximate surface area is 181 Å². The molecular weight excluding hydrogens is 406 g/mol. The molecule has 31 heavy (non-hydrogen) atoms. The van der Waals surface area contributed by atoms with Gasteiger partial charge in [0.1, 0.15) is 12.1 Å². The van der Waals surface area contributed by atoms with Crippen molar-refractivity contribution in [3.05, 3.63) is 23.8 Å². The van der Waals surface area contributed by atoms with Crippen molar-refractivity contribution in [1.29, 1.82) is 0 Å².